The number of hydrogen-bond donors (Lipinski definition) is 1. The Hall–Kier alpha value is -1.89. The molecular formula is C25H34N2O3S. The van der Waals surface area contributed by atoms with Crippen LogP contribution in [0.4, 0.5) is 0 Å². The summed E-state index contributed by atoms with van der Waals surface area (Å²) < 4.78 is 32.7. The van der Waals surface area contributed by atoms with E-state index < -0.39 is 10.0 Å². The Morgan fingerprint density at radius 1 is 1.13 bits per heavy atom. The van der Waals surface area contributed by atoms with Crippen LogP contribution < -0.4 is 9.46 Å². The van der Waals surface area contributed by atoms with Crippen molar-refractivity contribution in [3.63, 3.8) is 0 Å². The lowest BCUT2D eigenvalue weighted by molar-refractivity contribution is 0.173. The number of sulfonamides is 1. The third-order valence-corrected chi connectivity index (χ3v) is 8.00. The summed E-state index contributed by atoms with van der Waals surface area (Å²) in [5.74, 6) is 1.40. The highest BCUT2D eigenvalue weighted by atomic mass is 32.2. The molecule has 2 aromatic rings. The van der Waals surface area contributed by atoms with Crippen molar-refractivity contribution in [1.29, 1.82) is 0 Å². The minimum absolute atomic E-state index is 0.0551. The summed E-state index contributed by atoms with van der Waals surface area (Å²) >= 11 is 0. The number of likely N-dealkylation sites (N-methyl/N-ethyl adjacent to an activating group) is 1. The van der Waals surface area contributed by atoms with Crippen LogP contribution in [-0.2, 0) is 21.9 Å². The summed E-state index contributed by atoms with van der Waals surface area (Å²) in [5, 5.41) is 0. The minimum atomic E-state index is -3.18. The summed E-state index contributed by atoms with van der Waals surface area (Å²) in [6.07, 6.45) is 5.39. The lowest BCUT2D eigenvalue weighted by Gasteiger charge is -2.42. The molecule has 0 bridgehead atoms. The molecule has 2 aliphatic rings. The van der Waals surface area contributed by atoms with Gasteiger partial charge in [0.15, 0.2) is 0 Å². The lowest BCUT2D eigenvalue weighted by atomic mass is 9.70. The molecule has 168 valence electrons. The monoisotopic (exact) mass is 442 g/mol. The molecule has 1 atom stereocenters. The fraction of sp³-hybridized carbons (Fsp3) is 0.520. The van der Waals surface area contributed by atoms with E-state index in [4.69, 9.17) is 4.74 Å². The maximum Gasteiger partial charge on any atom is 0.211 e. The van der Waals surface area contributed by atoms with Crippen LogP contribution in [0.3, 0.4) is 0 Å². The summed E-state index contributed by atoms with van der Waals surface area (Å²) in [6.45, 7) is 2.79. The Labute approximate surface area is 186 Å². The number of likely N-dealkylation sites (tertiary alicyclic amines) is 1. The highest BCUT2D eigenvalue weighted by Crippen LogP contribution is 2.38. The molecule has 5 nitrogen and oxygen atoms in total. The van der Waals surface area contributed by atoms with Crippen LogP contribution in [0.25, 0.3) is 0 Å². The summed E-state index contributed by atoms with van der Waals surface area (Å²) in [6, 6.07) is 19.1. The predicted molar refractivity (Wildman–Crippen MR) is 125 cm³/mol. The van der Waals surface area contributed by atoms with Crippen molar-refractivity contribution in [2.75, 3.05) is 39.0 Å². The van der Waals surface area contributed by atoms with Crippen LogP contribution in [0.2, 0.25) is 0 Å². The third-order valence-electron chi connectivity index (χ3n) is 6.44. The molecule has 0 amide bonds. The van der Waals surface area contributed by atoms with Gasteiger partial charge in [0.05, 0.1) is 5.75 Å². The van der Waals surface area contributed by atoms with Gasteiger partial charge in [0.2, 0.25) is 10.0 Å². The Morgan fingerprint density at radius 2 is 1.94 bits per heavy atom. The molecule has 4 rings (SSSR count). The van der Waals surface area contributed by atoms with Crippen molar-refractivity contribution in [2.24, 2.45) is 5.92 Å². The molecule has 6 heteroatoms. The van der Waals surface area contributed by atoms with Crippen molar-refractivity contribution in [3.05, 3.63) is 65.7 Å². The van der Waals surface area contributed by atoms with Crippen molar-refractivity contribution >= 4 is 10.0 Å². The Balaban J connectivity index is 1.42. The van der Waals surface area contributed by atoms with Gasteiger partial charge in [-0.2, -0.15) is 0 Å². The van der Waals surface area contributed by atoms with Crippen LogP contribution in [0.15, 0.2) is 54.6 Å². The van der Waals surface area contributed by atoms with Gasteiger partial charge in [-0.15, -0.1) is 0 Å². The normalized spacial score (nSPS) is 22.4. The molecule has 2 aromatic carbocycles. The molecule has 1 aliphatic heterocycles. The third kappa shape index (κ3) is 6.31. The van der Waals surface area contributed by atoms with E-state index in [1.54, 1.807) is 0 Å². The predicted octanol–water partition coefficient (Wildman–Crippen LogP) is 3.60. The van der Waals surface area contributed by atoms with Gasteiger partial charge in [-0.05, 0) is 74.9 Å². The van der Waals surface area contributed by atoms with Gasteiger partial charge in [0.1, 0.15) is 12.4 Å². The molecule has 1 heterocycles. The van der Waals surface area contributed by atoms with E-state index in [2.05, 4.69) is 65.2 Å². The number of piperidine rings is 1. The Morgan fingerprint density at radius 3 is 2.68 bits per heavy atom. The molecule has 0 aromatic heterocycles. The van der Waals surface area contributed by atoms with Gasteiger partial charge in [-0.25, -0.2) is 13.1 Å². The van der Waals surface area contributed by atoms with Gasteiger partial charge in [0, 0.05) is 18.5 Å². The first-order valence-corrected chi connectivity index (χ1v) is 13.0. The van der Waals surface area contributed by atoms with Crippen LogP contribution in [0, 0.1) is 5.92 Å². The number of nitrogens with zero attached hydrogens (tertiary/aromatic N) is 1. The second kappa shape index (κ2) is 9.72. The fourth-order valence-corrected chi connectivity index (χ4v) is 6.23. The molecular weight excluding hydrogens is 408 g/mol. The van der Waals surface area contributed by atoms with Crippen LogP contribution >= 0.6 is 0 Å². The zero-order chi connectivity index (χ0) is 21.7. The van der Waals surface area contributed by atoms with E-state index in [9.17, 15) is 8.42 Å². The standard InChI is InChI=1S/C25H34N2O3S/c1-27-15-6-13-25(20-27,18-21-7-3-2-4-8-21)23-9-5-10-24(17-23)30-16-14-26-31(28,29)19-22-11-12-22/h2-5,7-10,17,22,26H,6,11-16,18-20H2,1H3. The number of hydrogen-bond acceptors (Lipinski definition) is 4. The largest absolute Gasteiger partial charge is 0.492 e. The quantitative estimate of drug-likeness (QED) is 0.571. The van der Waals surface area contributed by atoms with Gasteiger partial charge in [-0.3, -0.25) is 0 Å². The van der Waals surface area contributed by atoms with Gasteiger partial charge >= 0.3 is 0 Å². The molecule has 1 unspecified atom stereocenters. The first-order chi connectivity index (χ1) is 14.9. The summed E-state index contributed by atoms with van der Waals surface area (Å²) in [7, 11) is -0.983. The molecule has 1 saturated carbocycles. The first-order valence-electron chi connectivity index (χ1n) is 11.4. The van der Waals surface area contributed by atoms with E-state index in [1.165, 1.54) is 17.5 Å². The van der Waals surface area contributed by atoms with E-state index in [1.807, 2.05) is 6.07 Å². The van der Waals surface area contributed by atoms with E-state index in [-0.39, 0.29) is 11.2 Å². The minimum Gasteiger partial charge on any atom is -0.492 e. The zero-order valence-corrected chi connectivity index (χ0v) is 19.2. The number of nitrogens with one attached hydrogen (secondary N) is 1. The average Bonchev–Trinajstić information content (AvgIpc) is 3.55. The number of ether oxygens (including phenoxy) is 1. The Bertz CT molecular complexity index is 960. The molecule has 1 N–H and O–H groups in total. The molecule has 1 saturated heterocycles. The molecule has 0 spiro atoms. The maximum atomic E-state index is 12.0. The van der Waals surface area contributed by atoms with Crippen molar-refractivity contribution in [2.45, 2.75) is 37.5 Å². The molecule has 31 heavy (non-hydrogen) atoms. The fourth-order valence-electron chi connectivity index (χ4n) is 4.77. The highest BCUT2D eigenvalue weighted by Gasteiger charge is 2.36. The molecule has 2 fully saturated rings. The van der Waals surface area contributed by atoms with Crippen molar-refractivity contribution in [3.8, 4) is 5.75 Å². The topological polar surface area (TPSA) is 58.6 Å². The highest BCUT2D eigenvalue weighted by molar-refractivity contribution is 7.89. The Kier molecular flexibility index (Phi) is 6.99. The average molecular weight is 443 g/mol. The first kappa shape index (κ1) is 22.3. The number of rotatable bonds is 10. The summed E-state index contributed by atoms with van der Waals surface area (Å²) in [5.41, 5.74) is 2.71. The summed E-state index contributed by atoms with van der Waals surface area (Å²) in [4.78, 5) is 2.43. The van der Waals surface area contributed by atoms with E-state index in [0.29, 0.717) is 19.1 Å². The number of benzene rings is 2. The zero-order valence-electron chi connectivity index (χ0n) is 18.4. The van der Waals surface area contributed by atoms with Gasteiger partial charge in [0.25, 0.3) is 0 Å². The molecule has 0 radical (unpaired) electrons. The smallest absolute Gasteiger partial charge is 0.211 e. The van der Waals surface area contributed by atoms with Crippen LogP contribution in [-0.4, -0.2) is 52.4 Å². The lowest BCUT2D eigenvalue weighted by Crippen LogP contribution is -2.45. The molecule has 1 aliphatic carbocycles. The maximum absolute atomic E-state index is 12.0. The van der Waals surface area contributed by atoms with Gasteiger partial charge < -0.3 is 9.64 Å². The van der Waals surface area contributed by atoms with Crippen LogP contribution in [0.1, 0.15) is 36.8 Å². The second-order valence-electron chi connectivity index (χ2n) is 9.28. The van der Waals surface area contributed by atoms with Crippen LogP contribution in [0.5, 0.6) is 5.75 Å². The van der Waals surface area contributed by atoms with E-state index >= 15 is 0 Å². The van der Waals surface area contributed by atoms with Crippen molar-refractivity contribution in [1.82, 2.24) is 9.62 Å². The van der Waals surface area contributed by atoms with E-state index in [0.717, 1.165) is 44.5 Å². The van der Waals surface area contributed by atoms with Crippen molar-refractivity contribution < 1.29 is 13.2 Å². The SMILES string of the molecule is CN1CCCC(Cc2ccccc2)(c2cccc(OCCNS(=O)(=O)CC3CC3)c2)C1. The van der Waals surface area contributed by atoms with Gasteiger partial charge in [-0.1, -0.05) is 42.5 Å². The second-order valence-corrected chi connectivity index (χ2v) is 11.1.